The molecule has 0 radical (unpaired) electrons. The van der Waals surface area contributed by atoms with Gasteiger partial charge in [0.15, 0.2) is 9.84 Å². The van der Waals surface area contributed by atoms with Crippen molar-refractivity contribution >= 4 is 27.3 Å². The molecule has 1 fully saturated rings. The topological polar surface area (TPSA) is 72.3 Å². The first-order chi connectivity index (χ1) is 12.8. The van der Waals surface area contributed by atoms with Crippen LogP contribution in [0.5, 0.6) is 0 Å². The van der Waals surface area contributed by atoms with Gasteiger partial charge in [-0.1, -0.05) is 31.0 Å². The smallest absolute Gasteiger partial charge is 0.257 e. The molecule has 3 rings (SSSR count). The van der Waals surface area contributed by atoms with Crippen LogP contribution in [0.3, 0.4) is 0 Å². The van der Waals surface area contributed by atoms with Gasteiger partial charge in [0.25, 0.3) is 5.91 Å². The second kappa shape index (κ2) is 8.02. The number of hydrogen-bond acceptors (Lipinski definition) is 4. The van der Waals surface area contributed by atoms with Crippen LogP contribution in [-0.4, -0.2) is 53.1 Å². The second-order valence-electron chi connectivity index (χ2n) is 6.94. The highest BCUT2D eigenvalue weighted by Crippen LogP contribution is 2.23. The minimum absolute atomic E-state index is 0.0456. The molecule has 1 aromatic heterocycles. The summed E-state index contributed by atoms with van der Waals surface area (Å²) in [5.41, 5.74) is 1.99. The van der Waals surface area contributed by atoms with Gasteiger partial charge in [-0.3, -0.25) is 4.79 Å². The predicted molar refractivity (Wildman–Crippen MR) is 106 cm³/mol. The lowest BCUT2D eigenvalue weighted by Crippen LogP contribution is -2.42. The van der Waals surface area contributed by atoms with E-state index in [0.29, 0.717) is 29.2 Å². The summed E-state index contributed by atoms with van der Waals surface area (Å²) in [6.07, 6.45) is 3.83. The van der Waals surface area contributed by atoms with Crippen molar-refractivity contribution in [3.8, 4) is 5.69 Å². The van der Waals surface area contributed by atoms with Crippen LogP contribution in [0.25, 0.3) is 5.69 Å². The number of unbranched alkanes of at least 4 members (excludes halogenated alkanes) is 1. The molecule has 1 aliphatic heterocycles. The van der Waals surface area contributed by atoms with E-state index in [1.807, 2.05) is 19.1 Å². The largest absolute Gasteiger partial charge is 0.335 e. The lowest BCUT2D eigenvalue weighted by Gasteiger charge is -2.28. The van der Waals surface area contributed by atoms with E-state index in [-0.39, 0.29) is 23.5 Å². The number of hydrogen-bond donors (Lipinski definition) is 0. The summed E-state index contributed by atoms with van der Waals surface area (Å²) in [5, 5.41) is 4.95. The highest BCUT2D eigenvalue weighted by molar-refractivity contribution is 7.91. The summed E-state index contributed by atoms with van der Waals surface area (Å²) in [7, 11) is -3.06. The minimum Gasteiger partial charge on any atom is -0.335 e. The van der Waals surface area contributed by atoms with E-state index in [1.54, 1.807) is 27.9 Å². The predicted octanol–water partition coefficient (Wildman–Crippen LogP) is 3.26. The van der Waals surface area contributed by atoms with Gasteiger partial charge >= 0.3 is 0 Å². The molecule has 2 aromatic rings. The fraction of sp³-hybridized carbons (Fsp3) is 0.474. The molecule has 0 spiro atoms. The van der Waals surface area contributed by atoms with E-state index in [1.165, 1.54) is 0 Å². The third kappa shape index (κ3) is 4.35. The summed E-state index contributed by atoms with van der Waals surface area (Å²) in [6, 6.07) is 7.01. The van der Waals surface area contributed by atoms with Crippen molar-refractivity contribution in [2.45, 2.75) is 39.2 Å². The molecule has 1 amide bonds. The van der Waals surface area contributed by atoms with E-state index >= 15 is 0 Å². The number of halogens is 1. The van der Waals surface area contributed by atoms with Crippen LogP contribution in [0, 0.1) is 6.92 Å². The summed E-state index contributed by atoms with van der Waals surface area (Å²) in [4.78, 5) is 15.0. The van der Waals surface area contributed by atoms with Crippen molar-refractivity contribution in [3.63, 3.8) is 0 Å². The van der Waals surface area contributed by atoms with Crippen molar-refractivity contribution in [2.75, 3.05) is 18.1 Å². The van der Waals surface area contributed by atoms with Crippen LogP contribution >= 0.6 is 11.6 Å². The maximum atomic E-state index is 13.2. The van der Waals surface area contributed by atoms with Crippen molar-refractivity contribution in [1.29, 1.82) is 0 Å². The highest BCUT2D eigenvalue weighted by Gasteiger charge is 2.35. The number of nitrogens with zero attached hydrogens (tertiary/aromatic N) is 3. The number of sulfone groups is 1. The maximum Gasteiger partial charge on any atom is 0.257 e. The van der Waals surface area contributed by atoms with Gasteiger partial charge < -0.3 is 4.90 Å². The fourth-order valence-electron chi connectivity index (χ4n) is 3.44. The average Bonchev–Trinajstić information content (AvgIpc) is 3.17. The van der Waals surface area contributed by atoms with Crippen LogP contribution in [0.1, 0.15) is 42.2 Å². The summed E-state index contributed by atoms with van der Waals surface area (Å²) in [5.74, 6) is 0.0365. The van der Waals surface area contributed by atoms with E-state index in [0.717, 1.165) is 18.5 Å². The van der Waals surface area contributed by atoms with Crippen LogP contribution in [0.2, 0.25) is 5.02 Å². The van der Waals surface area contributed by atoms with Gasteiger partial charge in [-0.15, -0.1) is 0 Å². The number of amides is 1. The number of carbonyl (C=O) groups excluding carboxylic acids is 1. The Labute approximate surface area is 165 Å². The Hall–Kier alpha value is -1.86. The van der Waals surface area contributed by atoms with Crippen molar-refractivity contribution in [2.24, 2.45) is 0 Å². The summed E-state index contributed by atoms with van der Waals surface area (Å²) < 4.78 is 25.5. The first-order valence-electron chi connectivity index (χ1n) is 9.14. The molecule has 0 bridgehead atoms. The first-order valence-corrected chi connectivity index (χ1v) is 11.3. The average molecular weight is 410 g/mol. The highest BCUT2D eigenvalue weighted by atomic mass is 35.5. The molecule has 27 heavy (non-hydrogen) atoms. The molecule has 1 atom stereocenters. The lowest BCUT2D eigenvalue weighted by molar-refractivity contribution is 0.0693. The number of rotatable bonds is 6. The molecular weight excluding hydrogens is 386 g/mol. The molecule has 1 aromatic carbocycles. The second-order valence-corrected chi connectivity index (χ2v) is 9.61. The van der Waals surface area contributed by atoms with Crippen LogP contribution in [0.15, 0.2) is 30.5 Å². The standard InChI is InChI=1S/C19H24ClN3O3S/c1-3-4-9-22(17-8-10-27(25,26)13-17)19(24)18-12-21-23(14(18)2)16-7-5-6-15(20)11-16/h5-7,11-12,17H,3-4,8-10,13H2,1-2H3. The molecular formula is C19H24ClN3O3S. The monoisotopic (exact) mass is 409 g/mol. The molecule has 8 heteroatoms. The van der Waals surface area contributed by atoms with Crippen molar-refractivity contribution < 1.29 is 13.2 Å². The zero-order valence-electron chi connectivity index (χ0n) is 15.6. The first kappa shape index (κ1) is 19.9. The van der Waals surface area contributed by atoms with Crippen LogP contribution in [0.4, 0.5) is 0 Å². The van der Waals surface area contributed by atoms with Gasteiger partial charge in [0.05, 0.1) is 34.6 Å². The van der Waals surface area contributed by atoms with Crippen molar-refractivity contribution in [1.82, 2.24) is 14.7 Å². The third-order valence-electron chi connectivity index (χ3n) is 4.96. The number of aromatic nitrogens is 2. The van der Waals surface area contributed by atoms with E-state index in [2.05, 4.69) is 12.0 Å². The Morgan fingerprint density at radius 1 is 1.41 bits per heavy atom. The molecule has 146 valence electrons. The molecule has 0 saturated carbocycles. The summed E-state index contributed by atoms with van der Waals surface area (Å²) in [6.45, 7) is 4.44. The van der Waals surface area contributed by atoms with Crippen LogP contribution < -0.4 is 0 Å². The van der Waals surface area contributed by atoms with Gasteiger partial charge in [0, 0.05) is 17.6 Å². The fourth-order valence-corrected chi connectivity index (χ4v) is 5.36. The Balaban J connectivity index is 1.90. The Morgan fingerprint density at radius 3 is 2.81 bits per heavy atom. The van der Waals surface area contributed by atoms with Gasteiger partial charge in [-0.05, 0) is 38.0 Å². The molecule has 2 heterocycles. The molecule has 0 aliphatic carbocycles. The van der Waals surface area contributed by atoms with Crippen molar-refractivity contribution in [3.05, 3.63) is 46.7 Å². The molecule has 1 unspecified atom stereocenters. The van der Waals surface area contributed by atoms with E-state index in [9.17, 15) is 13.2 Å². The molecule has 1 aliphatic rings. The lowest BCUT2D eigenvalue weighted by atomic mass is 10.1. The number of carbonyl (C=O) groups is 1. The molecule has 6 nitrogen and oxygen atoms in total. The molecule has 1 saturated heterocycles. The van der Waals surface area contributed by atoms with Gasteiger partial charge in [-0.25, -0.2) is 13.1 Å². The Morgan fingerprint density at radius 2 is 2.19 bits per heavy atom. The SMILES string of the molecule is CCCCN(C(=O)c1cnn(-c2cccc(Cl)c2)c1C)C1CCS(=O)(=O)C1. The zero-order chi connectivity index (χ0) is 19.6. The van der Waals surface area contributed by atoms with Crippen LogP contribution in [-0.2, 0) is 9.84 Å². The quantitative estimate of drug-likeness (QED) is 0.734. The maximum absolute atomic E-state index is 13.2. The zero-order valence-corrected chi connectivity index (χ0v) is 17.1. The van der Waals surface area contributed by atoms with Gasteiger partial charge in [0.2, 0.25) is 0 Å². The van der Waals surface area contributed by atoms with E-state index < -0.39 is 9.84 Å². The van der Waals surface area contributed by atoms with Gasteiger partial charge in [0.1, 0.15) is 0 Å². The minimum atomic E-state index is -3.06. The Kier molecular flexibility index (Phi) is 5.91. The number of benzene rings is 1. The van der Waals surface area contributed by atoms with E-state index in [4.69, 9.17) is 11.6 Å². The Bertz CT molecular complexity index is 939. The third-order valence-corrected chi connectivity index (χ3v) is 6.94. The normalized spacial score (nSPS) is 18.6. The molecule has 0 N–H and O–H groups in total. The van der Waals surface area contributed by atoms with Gasteiger partial charge in [-0.2, -0.15) is 5.10 Å². The summed E-state index contributed by atoms with van der Waals surface area (Å²) >= 11 is 6.06.